The van der Waals surface area contributed by atoms with E-state index in [1.165, 1.54) is 13.2 Å². The van der Waals surface area contributed by atoms with Crippen LogP contribution in [0.3, 0.4) is 0 Å². The summed E-state index contributed by atoms with van der Waals surface area (Å²) in [6, 6.07) is 1.44. The van der Waals surface area contributed by atoms with Gasteiger partial charge >= 0.3 is 11.6 Å². The minimum absolute atomic E-state index is 0.0896. The third kappa shape index (κ3) is 1.98. The van der Waals surface area contributed by atoms with E-state index in [0.717, 1.165) is 0 Å². The van der Waals surface area contributed by atoms with Crippen LogP contribution in [0.15, 0.2) is 19.8 Å². The normalized spacial score (nSPS) is 9.77. The minimum Gasteiger partial charge on any atom is -0.463 e. The average molecular weight is 247 g/mol. The molecule has 0 aliphatic carbocycles. The van der Waals surface area contributed by atoms with Crippen LogP contribution in [0.5, 0.6) is 0 Å². The molecule has 4 nitrogen and oxygen atoms in total. The molecular formula is C8H7BrO4. The van der Waals surface area contributed by atoms with Crippen molar-refractivity contribution in [2.75, 3.05) is 7.11 Å². The van der Waals surface area contributed by atoms with Gasteiger partial charge in [-0.2, -0.15) is 0 Å². The van der Waals surface area contributed by atoms with E-state index in [1.54, 1.807) is 6.92 Å². The topological polar surface area (TPSA) is 56.5 Å². The molecule has 5 heteroatoms. The molecule has 1 rings (SSSR count). The zero-order valence-corrected chi connectivity index (χ0v) is 8.67. The number of rotatable bonds is 1. The molecule has 0 amide bonds. The first-order chi connectivity index (χ1) is 6.06. The molecule has 0 aromatic carbocycles. The number of hydrogen-bond acceptors (Lipinski definition) is 4. The number of methoxy groups -OCH3 is 1. The van der Waals surface area contributed by atoms with Crippen molar-refractivity contribution >= 4 is 21.9 Å². The fourth-order valence-corrected chi connectivity index (χ4v) is 0.992. The van der Waals surface area contributed by atoms with Gasteiger partial charge in [0.05, 0.1) is 7.11 Å². The van der Waals surface area contributed by atoms with Gasteiger partial charge in [0, 0.05) is 0 Å². The lowest BCUT2D eigenvalue weighted by atomic mass is 10.3. The Morgan fingerprint density at radius 1 is 1.62 bits per heavy atom. The third-order valence-corrected chi connectivity index (χ3v) is 2.41. The maximum atomic E-state index is 11.1. The Bertz CT molecular complexity index is 394. The molecule has 70 valence electrons. The molecule has 1 aromatic rings. The lowest BCUT2D eigenvalue weighted by Gasteiger charge is -1.99. The first kappa shape index (κ1) is 9.98. The van der Waals surface area contributed by atoms with Crippen LogP contribution in [0, 0.1) is 6.92 Å². The molecule has 0 radical (unpaired) electrons. The lowest BCUT2D eigenvalue weighted by molar-refractivity contribution is 0.0559. The fraction of sp³-hybridized carbons (Fsp3) is 0.250. The Kier molecular flexibility index (Phi) is 2.87. The van der Waals surface area contributed by atoms with Gasteiger partial charge in [0.1, 0.15) is 4.47 Å². The second-order valence-corrected chi connectivity index (χ2v) is 3.18. The zero-order valence-electron chi connectivity index (χ0n) is 7.09. The standard InChI is InChI=1S/C8H7BrO4/c1-4-3-5(7(10)12-2)13-8(11)6(4)9/h3H,1-2H3. The van der Waals surface area contributed by atoms with Gasteiger partial charge in [-0.15, -0.1) is 0 Å². The maximum Gasteiger partial charge on any atom is 0.374 e. The van der Waals surface area contributed by atoms with Gasteiger partial charge in [-0.25, -0.2) is 9.59 Å². The third-order valence-electron chi connectivity index (χ3n) is 1.46. The summed E-state index contributed by atoms with van der Waals surface area (Å²) in [5.74, 6) is -0.749. The van der Waals surface area contributed by atoms with E-state index in [4.69, 9.17) is 0 Å². The number of esters is 1. The van der Waals surface area contributed by atoms with Gasteiger partial charge in [-0.1, -0.05) is 0 Å². The molecule has 1 heterocycles. The van der Waals surface area contributed by atoms with Crippen molar-refractivity contribution in [1.29, 1.82) is 0 Å². The molecule has 0 atom stereocenters. The Morgan fingerprint density at radius 2 is 2.23 bits per heavy atom. The number of carbonyl (C=O) groups excluding carboxylic acids is 1. The van der Waals surface area contributed by atoms with E-state index in [0.29, 0.717) is 10.0 Å². The van der Waals surface area contributed by atoms with E-state index in [2.05, 4.69) is 25.1 Å². The summed E-state index contributed by atoms with van der Waals surface area (Å²) < 4.78 is 9.38. The van der Waals surface area contributed by atoms with Gasteiger partial charge in [0.2, 0.25) is 5.76 Å². The van der Waals surface area contributed by atoms with Gasteiger partial charge in [-0.3, -0.25) is 0 Å². The summed E-state index contributed by atoms with van der Waals surface area (Å²) in [6.45, 7) is 1.69. The van der Waals surface area contributed by atoms with Crippen molar-refractivity contribution in [3.05, 3.63) is 32.3 Å². The SMILES string of the molecule is COC(=O)c1cc(C)c(Br)c(=O)o1. The first-order valence-electron chi connectivity index (χ1n) is 3.45. The smallest absolute Gasteiger partial charge is 0.374 e. The number of hydrogen-bond donors (Lipinski definition) is 0. The molecule has 0 spiro atoms. The lowest BCUT2D eigenvalue weighted by Crippen LogP contribution is -2.09. The molecule has 0 bridgehead atoms. The molecular weight excluding hydrogens is 240 g/mol. The molecule has 0 saturated carbocycles. The van der Waals surface area contributed by atoms with Gasteiger partial charge in [-0.05, 0) is 34.5 Å². The van der Waals surface area contributed by atoms with E-state index in [-0.39, 0.29) is 5.76 Å². The highest BCUT2D eigenvalue weighted by Gasteiger charge is 2.12. The van der Waals surface area contributed by atoms with Crippen molar-refractivity contribution < 1.29 is 13.9 Å². The maximum absolute atomic E-state index is 11.1. The summed E-state index contributed by atoms with van der Waals surface area (Å²) >= 11 is 3.03. The monoisotopic (exact) mass is 246 g/mol. The Labute approximate surface area is 82.6 Å². The largest absolute Gasteiger partial charge is 0.463 e. The highest BCUT2D eigenvalue weighted by molar-refractivity contribution is 9.10. The first-order valence-corrected chi connectivity index (χ1v) is 4.24. The summed E-state index contributed by atoms with van der Waals surface area (Å²) in [7, 11) is 1.22. The van der Waals surface area contributed by atoms with E-state index in [1.807, 2.05) is 0 Å². The molecule has 0 aliphatic rings. The summed E-state index contributed by atoms with van der Waals surface area (Å²) in [6.07, 6.45) is 0. The van der Waals surface area contributed by atoms with Crippen LogP contribution in [-0.4, -0.2) is 13.1 Å². The van der Waals surface area contributed by atoms with Crippen molar-refractivity contribution in [2.24, 2.45) is 0 Å². The minimum atomic E-state index is -0.660. The number of halogens is 1. The highest BCUT2D eigenvalue weighted by Crippen LogP contribution is 2.12. The predicted molar refractivity (Wildman–Crippen MR) is 48.8 cm³/mol. The second-order valence-electron chi connectivity index (χ2n) is 2.39. The van der Waals surface area contributed by atoms with Crippen LogP contribution < -0.4 is 5.63 Å². The predicted octanol–water partition coefficient (Wildman–Crippen LogP) is 1.50. The Morgan fingerprint density at radius 3 is 2.69 bits per heavy atom. The molecule has 0 saturated heterocycles. The van der Waals surface area contributed by atoms with Crippen LogP contribution in [0.25, 0.3) is 0 Å². The Hall–Kier alpha value is -1.10. The van der Waals surface area contributed by atoms with E-state index >= 15 is 0 Å². The molecule has 0 fully saturated rings. The van der Waals surface area contributed by atoms with Crippen LogP contribution in [-0.2, 0) is 4.74 Å². The Balaban J connectivity index is 3.29. The van der Waals surface area contributed by atoms with Gasteiger partial charge in [0.15, 0.2) is 0 Å². The van der Waals surface area contributed by atoms with E-state index < -0.39 is 11.6 Å². The number of ether oxygens (including phenoxy) is 1. The molecule has 0 aliphatic heterocycles. The van der Waals surface area contributed by atoms with Crippen LogP contribution in [0.2, 0.25) is 0 Å². The van der Waals surface area contributed by atoms with Gasteiger partial charge in [0.25, 0.3) is 0 Å². The van der Waals surface area contributed by atoms with Crippen LogP contribution in [0.4, 0.5) is 0 Å². The van der Waals surface area contributed by atoms with E-state index in [9.17, 15) is 9.59 Å². The summed E-state index contributed by atoms with van der Waals surface area (Å²) in [5, 5.41) is 0. The van der Waals surface area contributed by atoms with Crippen LogP contribution in [0.1, 0.15) is 16.1 Å². The van der Waals surface area contributed by atoms with Crippen molar-refractivity contribution in [1.82, 2.24) is 0 Å². The summed E-state index contributed by atoms with van der Waals surface area (Å²) in [4.78, 5) is 22.0. The van der Waals surface area contributed by atoms with Crippen molar-refractivity contribution in [2.45, 2.75) is 6.92 Å². The number of carbonyl (C=O) groups is 1. The molecule has 0 unspecified atom stereocenters. The van der Waals surface area contributed by atoms with Gasteiger partial charge < -0.3 is 9.15 Å². The number of aryl methyl sites for hydroxylation is 1. The highest BCUT2D eigenvalue weighted by atomic mass is 79.9. The molecule has 1 aromatic heterocycles. The second kappa shape index (κ2) is 3.74. The fourth-order valence-electron chi connectivity index (χ4n) is 0.796. The molecule has 13 heavy (non-hydrogen) atoms. The van der Waals surface area contributed by atoms with Crippen molar-refractivity contribution in [3.8, 4) is 0 Å². The average Bonchev–Trinajstić information content (AvgIpc) is 2.12. The van der Waals surface area contributed by atoms with Crippen LogP contribution >= 0.6 is 15.9 Å². The molecule has 0 N–H and O–H groups in total. The quantitative estimate of drug-likeness (QED) is 0.705. The summed E-state index contributed by atoms with van der Waals surface area (Å²) in [5.41, 5.74) is 0.0528. The zero-order chi connectivity index (χ0) is 10.0. The van der Waals surface area contributed by atoms with Crippen molar-refractivity contribution in [3.63, 3.8) is 0 Å².